The zero-order chi connectivity index (χ0) is 15.9. The predicted octanol–water partition coefficient (Wildman–Crippen LogP) is 1.64. The molecule has 22 heavy (non-hydrogen) atoms. The van der Waals surface area contributed by atoms with Gasteiger partial charge in [-0.3, -0.25) is 4.79 Å². The Hall–Kier alpha value is -1.95. The molecule has 0 radical (unpaired) electrons. The summed E-state index contributed by atoms with van der Waals surface area (Å²) in [4.78, 5) is 25.4. The normalized spacial score (nSPS) is 17.8. The molecular formula is C15H20ClN3O3. The zero-order valence-electron chi connectivity index (χ0n) is 12.5. The summed E-state index contributed by atoms with van der Waals surface area (Å²) in [5, 5.41) is 6.19. The molecule has 0 aromatic heterocycles. The van der Waals surface area contributed by atoms with Crippen molar-refractivity contribution in [2.45, 2.75) is 19.4 Å². The van der Waals surface area contributed by atoms with Gasteiger partial charge in [0, 0.05) is 18.1 Å². The van der Waals surface area contributed by atoms with Crippen LogP contribution in [0.1, 0.15) is 13.3 Å². The number of carbonyl (C=O) groups is 2. The fraction of sp³-hybridized carbons (Fsp3) is 0.467. The molecule has 1 fully saturated rings. The second-order valence-electron chi connectivity index (χ2n) is 4.94. The van der Waals surface area contributed by atoms with Gasteiger partial charge in [-0.15, -0.1) is 0 Å². The summed E-state index contributed by atoms with van der Waals surface area (Å²) in [7, 11) is 0. The van der Waals surface area contributed by atoms with Crippen molar-refractivity contribution < 1.29 is 14.3 Å². The molecule has 1 aliphatic heterocycles. The Kier molecular flexibility index (Phi) is 5.89. The number of halogens is 1. The molecule has 1 heterocycles. The number of ether oxygens (including phenoxy) is 1. The minimum Gasteiger partial charge on any atom is -0.492 e. The molecule has 1 aromatic carbocycles. The van der Waals surface area contributed by atoms with Gasteiger partial charge in [0.05, 0.1) is 6.54 Å². The van der Waals surface area contributed by atoms with Gasteiger partial charge in [0.2, 0.25) is 5.91 Å². The summed E-state index contributed by atoms with van der Waals surface area (Å²) in [6.45, 7) is 3.62. The fourth-order valence-electron chi connectivity index (χ4n) is 2.32. The van der Waals surface area contributed by atoms with Crippen LogP contribution >= 0.6 is 11.6 Å². The second-order valence-corrected chi connectivity index (χ2v) is 5.38. The van der Waals surface area contributed by atoms with E-state index in [1.807, 2.05) is 6.92 Å². The molecule has 1 aromatic rings. The highest BCUT2D eigenvalue weighted by Gasteiger charge is 2.31. The number of carbonyl (C=O) groups excluding carboxylic acids is 2. The molecule has 1 saturated heterocycles. The summed E-state index contributed by atoms with van der Waals surface area (Å²) in [6, 6.07) is 6.40. The maximum atomic E-state index is 12.1. The van der Waals surface area contributed by atoms with Crippen molar-refractivity contribution in [3.63, 3.8) is 0 Å². The van der Waals surface area contributed by atoms with Crippen LogP contribution in [0, 0.1) is 0 Å². The van der Waals surface area contributed by atoms with Gasteiger partial charge in [0.15, 0.2) is 0 Å². The third kappa shape index (κ3) is 4.27. The van der Waals surface area contributed by atoms with Crippen LogP contribution in [0.5, 0.6) is 5.75 Å². The Balaban J connectivity index is 1.75. The van der Waals surface area contributed by atoms with Crippen molar-refractivity contribution in [3.8, 4) is 5.75 Å². The Bertz CT molecular complexity index is 521. The van der Waals surface area contributed by atoms with E-state index >= 15 is 0 Å². The predicted molar refractivity (Wildman–Crippen MR) is 84.1 cm³/mol. The zero-order valence-corrected chi connectivity index (χ0v) is 13.2. The summed E-state index contributed by atoms with van der Waals surface area (Å²) >= 11 is 5.79. The molecule has 0 bridgehead atoms. The van der Waals surface area contributed by atoms with Crippen molar-refractivity contribution in [1.82, 2.24) is 15.5 Å². The van der Waals surface area contributed by atoms with E-state index in [2.05, 4.69) is 10.6 Å². The highest BCUT2D eigenvalue weighted by molar-refractivity contribution is 6.30. The van der Waals surface area contributed by atoms with Gasteiger partial charge in [-0.05, 0) is 30.7 Å². The number of hydrogen-bond acceptors (Lipinski definition) is 3. The molecule has 0 spiro atoms. The lowest BCUT2D eigenvalue weighted by Crippen LogP contribution is -2.59. The first-order valence-corrected chi connectivity index (χ1v) is 7.70. The van der Waals surface area contributed by atoms with Crippen molar-refractivity contribution in [2.24, 2.45) is 0 Å². The van der Waals surface area contributed by atoms with Gasteiger partial charge in [0.1, 0.15) is 18.4 Å². The number of urea groups is 1. The van der Waals surface area contributed by atoms with Crippen LogP contribution in [-0.4, -0.2) is 49.1 Å². The Morgan fingerprint density at radius 2 is 2.18 bits per heavy atom. The smallest absolute Gasteiger partial charge is 0.318 e. The van der Waals surface area contributed by atoms with Gasteiger partial charge in [0.25, 0.3) is 0 Å². The average Bonchev–Trinajstić information content (AvgIpc) is 2.52. The SMILES string of the molecule is CCC1C(=O)NCCN1C(=O)NCCOc1ccc(Cl)cc1. The quantitative estimate of drug-likeness (QED) is 0.808. The Morgan fingerprint density at radius 3 is 2.86 bits per heavy atom. The highest BCUT2D eigenvalue weighted by Crippen LogP contribution is 2.15. The van der Waals surface area contributed by atoms with Crippen LogP contribution < -0.4 is 15.4 Å². The van der Waals surface area contributed by atoms with E-state index in [4.69, 9.17) is 16.3 Å². The number of piperazine rings is 1. The number of rotatable bonds is 5. The van der Waals surface area contributed by atoms with E-state index in [1.165, 1.54) is 0 Å². The van der Waals surface area contributed by atoms with Crippen LogP contribution in [0.25, 0.3) is 0 Å². The van der Waals surface area contributed by atoms with E-state index in [0.717, 1.165) is 0 Å². The Labute approximate surface area is 134 Å². The number of amides is 3. The van der Waals surface area contributed by atoms with Crippen LogP contribution in [0.4, 0.5) is 4.79 Å². The van der Waals surface area contributed by atoms with Gasteiger partial charge in [-0.1, -0.05) is 18.5 Å². The fourth-order valence-corrected chi connectivity index (χ4v) is 2.45. The van der Waals surface area contributed by atoms with Gasteiger partial charge < -0.3 is 20.3 Å². The van der Waals surface area contributed by atoms with Gasteiger partial charge in [-0.2, -0.15) is 0 Å². The molecule has 0 aliphatic carbocycles. The molecule has 1 atom stereocenters. The first-order valence-electron chi connectivity index (χ1n) is 7.32. The van der Waals surface area contributed by atoms with Crippen molar-refractivity contribution in [2.75, 3.05) is 26.2 Å². The number of hydrogen-bond donors (Lipinski definition) is 2. The highest BCUT2D eigenvalue weighted by atomic mass is 35.5. The van der Waals surface area contributed by atoms with E-state index in [1.54, 1.807) is 29.2 Å². The van der Waals surface area contributed by atoms with Crippen LogP contribution in [-0.2, 0) is 4.79 Å². The van der Waals surface area contributed by atoms with E-state index < -0.39 is 6.04 Å². The Morgan fingerprint density at radius 1 is 1.45 bits per heavy atom. The third-order valence-electron chi connectivity index (χ3n) is 3.44. The first kappa shape index (κ1) is 16.4. The molecule has 3 amide bonds. The summed E-state index contributed by atoms with van der Waals surface area (Å²) in [5.41, 5.74) is 0. The topological polar surface area (TPSA) is 70.7 Å². The lowest BCUT2D eigenvalue weighted by atomic mass is 10.1. The lowest BCUT2D eigenvalue weighted by molar-refractivity contribution is -0.127. The molecule has 1 unspecified atom stereocenters. The van der Waals surface area contributed by atoms with Crippen LogP contribution in [0.15, 0.2) is 24.3 Å². The minimum atomic E-state index is -0.397. The molecular weight excluding hydrogens is 306 g/mol. The van der Waals surface area contributed by atoms with E-state index in [-0.39, 0.29) is 11.9 Å². The summed E-state index contributed by atoms with van der Waals surface area (Å²) < 4.78 is 5.50. The third-order valence-corrected chi connectivity index (χ3v) is 3.69. The average molecular weight is 326 g/mol. The van der Waals surface area contributed by atoms with Gasteiger partial charge >= 0.3 is 6.03 Å². The van der Waals surface area contributed by atoms with Crippen molar-refractivity contribution in [1.29, 1.82) is 0 Å². The minimum absolute atomic E-state index is 0.0960. The molecule has 1 aliphatic rings. The van der Waals surface area contributed by atoms with Gasteiger partial charge in [-0.25, -0.2) is 4.79 Å². The largest absolute Gasteiger partial charge is 0.492 e. The maximum Gasteiger partial charge on any atom is 0.318 e. The number of benzene rings is 1. The second kappa shape index (κ2) is 7.89. The van der Waals surface area contributed by atoms with Crippen molar-refractivity contribution in [3.05, 3.63) is 29.3 Å². The summed E-state index contributed by atoms with van der Waals surface area (Å²) in [6.07, 6.45) is 0.598. The standard InChI is InChI=1S/C15H20ClN3O3/c1-2-13-14(20)17-7-9-19(13)15(21)18-8-10-22-12-5-3-11(16)4-6-12/h3-6,13H,2,7-10H2,1H3,(H,17,20)(H,18,21). The number of nitrogens with zero attached hydrogens (tertiary/aromatic N) is 1. The van der Waals surface area contributed by atoms with Crippen LogP contribution in [0.2, 0.25) is 5.02 Å². The molecule has 120 valence electrons. The lowest BCUT2D eigenvalue weighted by Gasteiger charge is -2.34. The molecule has 6 nitrogen and oxygen atoms in total. The van der Waals surface area contributed by atoms with E-state index in [9.17, 15) is 9.59 Å². The van der Waals surface area contributed by atoms with Crippen LogP contribution in [0.3, 0.4) is 0 Å². The van der Waals surface area contributed by atoms with E-state index in [0.29, 0.717) is 43.4 Å². The molecule has 2 rings (SSSR count). The first-order chi connectivity index (χ1) is 10.6. The molecule has 0 saturated carbocycles. The molecule has 7 heteroatoms. The maximum absolute atomic E-state index is 12.1. The summed E-state index contributed by atoms with van der Waals surface area (Å²) in [5.74, 6) is 0.601. The monoisotopic (exact) mass is 325 g/mol. The number of nitrogens with one attached hydrogen (secondary N) is 2. The molecule has 2 N–H and O–H groups in total. The van der Waals surface area contributed by atoms with Crippen molar-refractivity contribution >= 4 is 23.5 Å².